The number of carbonyl (C=O) groups is 2. The van der Waals surface area contributed by atoms with Gasteiger partial charge in [0.2, 0.25) is 0 Å². The Hall–Kier alpha value is -3.35. The lowest BCUT2D eigenvalue weighted by Crippen LogP contribution is -2.29. The molecule has 2 aromatic carbocycles. The average Bonchev–Trinajstić information content (AvgIpc) is 3.10. The number of nitrogens with zero attached hydrogens (tertiary/aromatic N) is 2. The van der Waals surface area contributed by atoms with Crippen LogP contribution < -0.4 is 4.74 Å². The molecular formula is C26H22Cl2N2O4. The first-order valence-corrected chi connectivity index (χ1v) is 11.5. The van der Waals surface area contributed by atoms with Crippen LogP contribution in [-0.4, -0.2) is 33.3 Å². The van der Waals surface area contributed by atoms with Gasteiger partial charge in [-0.05, 0) is 60.0 Å². The van der Waals surface area contributed by atoms with Crippen molar-refractivity contribution in [2.75, 3.05) is 6.61 Å². The molecule has 3 aromatic rings. The molecule has 0 spiro atoms. The molecular weight excluding hydrogens is 475 g/mol. The third-order valence-corrected chi connectivity index (χ3v) is 6.21. The van der Waals surface area contributed by atoms with E-state index in [1.54, 1.807) is 60.9 Å². The maximum atomic E-state index is 13.2. The Balaban J connectivity index is 1.80. The molecule has 34 heavy (non-hydrogen) atoms. The van der Waals surface area contributed by atoms with E-state index in [0.717, 1.165) is 12.0 Å². The summed E-state index contributed by atoms with van der Waals surface area (Å²) < 4.78 is 5.59. The van der Waals surface area contributed by atoms with Crippen LogP contribution >= 0.6 is 23.2 Å². The van der Waals surface area contributed by atoms with Crippen molar-refractivity contribution in [3.8, 4) is 5.75 Å². The number of ether oxygens (including phenoxy) is 1. The topological polar surface area (TPSA) is 79.7 Å². The van der Waals surface area contributed by atoms with Gasteiger partial charge in [-0.15, -0.1) is 0 Å². The number of aliphatic hydroxyl groups excluding tert-OH is 1. The third kappa shape index (κ3) is 4.79. The van der Waals surface area contributed by atoms with E-state index >= 15 is 0 Å². The van der Waals surface area contributed by atoms with Gasteiger partial charge in [0.05, 0.1) is 28.3 Å². The monoisotopic (exact) mass is 496 g/mol. The predicted octanol–water partition coefficient (Wildman–Crippen LogP) is 5.80. The second kappa shape index (κ2) is 10.3. The summed E-state index contributed by atoms with van der Waals surface area (Å²) in [7, 11) is 0. The van der Waals surface area contributed by atoms with Gasteiger partial charge in [0.15, 0.2) is 0 Å². The van der Waals surface area contributed by atoms with Gasteiger partial charge >= 0.3 is 0 Å². The summed E-state index contributed by atoms with van der Waals surface area (Å²) in [5, 5.41) is 11.8. The maximum Gasteiger partial charge on any atom is 0.295 e. The number of likely N-dealkylation sites (tertiary alicyclic amines) is 1. The first-order valence-electron chi connectivity index (χ1n) is 10.8. The quantitative estimate of drug-likeness (QED) is 0.254. The van der Waals surface area contributed by atoms with Crippen LogP contribution in [0.3, 0.4) is 0 Å². The highest BCUT2D eigenvalue weighted by Gasteiger charge is 2.46. The second-order valence-electron chi connectivity index (χ2n) is 7.83. The number of hydrogen-bond acceptors (Lipinski definition) is 5. The fourth-order valence-corrected chi connectivity index (χ4v) is 4.15. The van der Waals surface area contributed by atoms with Gasteiger partial charge in [0.1, 0.15) is 11.5 Å². The molecule has 0 saturated carbocycles. The van der Waals surface area contributed by atoms with E-state index in [0.29, 0.717) is 28.5 Å². The average molecular weight is 497 g/mol. The number of pyridine rings is 1. The molecule has 1 N–H and O–H groups in total. The van der Waals surface area contributed by atoms with Crippen LogP contribution in [0.5, 0.6) is 5.75 Å². The summed E-state index contributed by atoms with van der Waals surface area (Å²) >= 11 is 12.3. The summed E-state index contributed by atoms with van der Waals surface area (Å²) in [5.74, 6) is -1.12. The Morgan fingerprint density at radius 1 is 1.09 bits per heavy atom. The van der Waals surface area contributed by atoms with Gasteiger partial charge in [0.25, 0.3) is 11.7 Å². The lowest BCUT2D eigenvalue weighted by atomic mass is 9.95. The molecule has 1 unspecified atom stereocenters. The summed E-state index contributed by atoms with van der Waals surface area (Å²) in [5.41, 5.74) is 1.68. The molecule has 1 aromatic heterocycles. The fourth-order valence-electron chi connectivity index (χ4n) is 3.84. The SMILES string of the molecule is CCCOc1ccc(/C(O)=C2\C(=O)C(=O)N(Cc3cccnc3)C2c2ccc(Cl)c(Cl)c2)cc1. The van der Waals surface area contributed by atoms with Crippen LogP contribution in [0.1, 0.15) is 36.1 Å². The summed E-state index contributed by atoms with van der Waals surface area (Å²) in [6, 6.07) is 14.3. The van der Waals surface area contributed by atoms with Crippen molar-refractivity contribution in [2.24, 2.45) is 0 Å². The second-order valence-corrected chi connectivity index (χ2v) is 8.65. The number of Topliss-reactive ketones (excluding diaryl/α,β-unsaturated/α-hetero) is 1. The van der Waals surface area contributed by atoms with Gasteiger partial charge in [-0.3, -0.25) is 14.6 Å². The van der Waals surface area contributed by atoms with E-state index in [4.69, 9.17) is 27.9 Å². The van der Waals surface area contributed by atoms with Crippen molar-refractivity contribution in [3.05, 3.63) is 99.3 Å². The van der Waals surface area contributed by atoms with Crippen LogP contribution in [0.2, 0.25) is 10.0 Å². The highest BCUT2D eigenvalue weighted by Crippen LogP contribution is 2.41. The number of ketones is 1. The van der Waals surface area contributed by atoms with Gasteiger partial charge in [-0.25, -0.2) is 0 Å². The minimum Gasteiger partial charge on any atom is -0.507 e. The zero-order chi connectivity index (χ0) is 24.2. The van der Waals surface area contributed by atoms with Crippen LogP contribution in [-0.2, 0) is 16.1 Å². The van der Waals surface area contributed by atoms with E-state index in [2.05, 4.69) is 4.98 Å². The Kier molecular flexibility index (Phi) is 7.20. The number of carbonyl (C=O) groups excluding carboxylic acids is 2. The van der Waals surface area contributed by atoms with Crippen molar-refractivity contribution in [3.63, 3.8) is 0 Å². The normalized spacial score (nSPS) is 17.3. The lowest BCUT2D eigenvalue weighted by Gasteiger charge is -2.25. The third-order valence-electron chi connectivity index (χ3n) is 5.48. The van der Waals surface area contributed by atoms with Gasteiger partial charge in [-0.2, -0.15) is 0 Å². The van der Waals surface area contributed by atoms with Gasteiger partial charge < -0.3 is 14.7 Å². The van der Waals surface area contributed by atoms with Crippen molar-refractivity contribution in [1.82, 2.24) is 9.88 Å². The molecule has 0 aliphatic carbocycles. The summed E-state index contributed by atoms with van der Waals surface area (Å²) in [6.45, 7) is 2.71. The first kappa shape index (κ1) is 23.8. The smallest absolute Gasteiger partial charge is 0.295 e. The van der Waals surface area contributed by atoms with Crippen LogP contribution in [0.15, 0.2) is 72.6 Å². The largest absolute Gasteiger partial charge is 0.507 e. The molecule has 2 heterocycles. The molecule has 1 fully saturated rings. The summed E-state index contributed by atoms with van der Waals surface area (Å²) in [4.78, 5) is 31.7. The number of hydrogen-bond donors (Lipinski definition) is 1. The molecule has 0 bridgehead atoms. The highest BCUT2D eigenvalue weighted by atomic mass is 35.5. The molecule has 1 aliphatic rings. The molecule has 6 nitrogen and oxygen atoms in total. The molecule has 4 rings (SSSR count). The predicted molar refractivity (Wildman–Crippen MR) is 131 cm³/mol. The number of aromatic nitrogens is 1. The van der Waals surface area contributed by atoms with Crippen LogP contribution in [0.4, 0.5) is 0 Å². The Morgan fingerprint density at radius 2 is 1.85 bits per heavy atom. The molecule has 0 radical (unpaired) electrons. The zero-order valence-electron chi connectivity index (χ0n) is 18.4. The maximum absolute atomic E-state index is 13.2. The number of benzene rings is 2. The molecule has 1 aliphatic heterocycles. The van der Waals surface area contributed by atoms with Crippen molar-refractivity contribution >= 4 is 40.7 Å². The number of rotatable bonds is 7. The molecule has 174 valence electrons. The first-order chi connectivity index (χ1) is 16.4. The van der Waals surface area contributed by atoms with Crippen LogP contribution in [0.25, 0.3) is 5.76 Å². The van der Waals surface area contributed by atoms with Gasteiger partial charge in [-0.1, -0.05) is 42.3 Å². The summed E-state index contributed by atoms with van der Waals surface area (Å²) in [6.07, 6.45) is 4.12. The van der Waals surface area contributed by atoms with Crippen molar-refractivity contribution in [1.29, 1.82) is 0 Å². The van der Waals surface area contributed by atoms with E-state index < -0.39 is 17.7 Å². The van der Waals surface area contributed by atoms with E-state index in [9.17, 15) is 14.7 Å². The Morgan fingerprint density at radius 3 is 2.50 bits per heavy atom. The standard InChI is InChI=1S/C26H22Cl2N2O4/c1-2-12-34-19-8-5-17(6-9-19)24(31)22-23(18-7-10-20(27)21(28)13-18)30(26(33)25(22)32)15-16-4-3-11-29-14-16/h3-11,13-14,23,31H,2,12,15H2,1H3/b24-22+. The Bertz CT molecular complexity index is 1240. The van der Waals surface area contributed by atoms with Crippen molar-refractivity contribution < 1.29 is 19.4 Å². The van der Waals surface area contributed by atoms with Crippen molar-refractivity contribution in [2.45, 2.75) is 25.9 Å². The lowest BCUT2D eigenvalue weighted by molar-refractivity contribution is -0.140. The molecule has 1 saturated heterocycles. The highest BCUT2D eigenvalue weighted by molar-refractivity contribution is 6.46. The minimum absolute atomic E-state index is 0.0190. The van der Waals surface area contributed by atoms with Crippen LogP contribution in [0, 0.1) is 0 Å². The zero-order valence-corrected chi connectivity index (χ0v) is 19.9. The number of amides is 1. The molecule has 1 atom stereocenters. The number of halogens is 2. The minimum atomic E-state index is -0.856. The number of aliphatic hydroxyl groups is 1. The van der Waals surface area contributed by atoms with Gasteiger partial charge in [0, 0.05) is 24.5 Å². The van der Waals surface area contributed by atoms with E-state index in [-0.39, 0.29) is 22.9 Å². The fraction of sp³-hybridized carbons (Fsp3) is 0.192. The molecule has 8 heteroatoms. The Labute approximate surface area is 207 Å². The van der Waals surface area contributed by atoms with E-state index in [1.165, 1.54) is 4.90 Å². The molecule has 1 amide bonds. The van der Waals surface area contributed by atoms with E-state index in [1.807, 2.05) is 13.0 Å².